The summed E-state index contributed by atoms with van der Waals surface area (Å²) in [5, 5.41) is 9.54. The number of methoxy groups -OCH3 is 1. The molecule has 2 rings (SSSR count). The van der Waals surface area contributed by atoms with E-state index in [1.165, 1.54) is 18.2 Å². The molecule has 0 fully saturated rings. The van der Waals surface area contributed by atoms with E-state index < -0.39 is 11.8 Å². The summed E-state index contributed by atoms with van der Waals surface area (Å²) in [5.41, 5.74) is 5.35. The molecular weight excluding hydrogens is 296 g/mol. The van der Waals surface area contributed by atoms with E-state index in [-0.39, 0.29) is 11.3 Å². The molecule has 2 aromatic rings. The second kappa shape index (κ2) is 7.65. The highest BCUT2D eigenvalue weighted by molar-refractivity contribution is 5.99. The summed E-state index contributed by atoms with van der Waals surface area (Å²) in [7, 11) is 1.57. The van der Waals surface area contributed by atoms with Crippen molar-refractivity contribution in [1.29, 1.82) is 0 Å². The highest BCUT2D eigenvalue weighted by atomic mass is 16.5. The van der Waals surface area contributed by atoms with Gasteiger partial charge in [0.25, 0.3) is 11.8 Å². The number of hydrogen-bond acceptors (Lipinski definition) is 4. The number of ether oxygens (including phenoxy) is 1. The Balaban J connectivity index is 1.88. The fourth-order valence-corrected chi connectivity index (χ4v) is 1.78. The Bertz CT molecular complexity index is 724. The molecule has 0 spiro atoms. The lowest BCUT2D eigenvalue weighted by Crippen LogP contribution is -2.40. The van der Waals surface area contributed by atoms with Gasteiger partial charge in [0.05, 0.1) is 12.7 Å². The number of phenols is 1. The Kier molecular flexibility index (Phi) is 5.35. The molecule has 0 radical (unpaired) electrons. The second-order valence-corrected chi connectivity index (χ2v) is 4.57. The number of benzene rings is 2. The number of aromatic hydroxyl groups is 1. The third-order valence-corrected chi connectivity index (χ3v) is 2.99. The van der Waals surface area contributed by atoms with Gasteiger partial charge in [0.15, 0.2) is 0 Å². The number of nitrogens with one attached hydrogen (secondary N) is 2. The van der Waals surface area contributed by atoms with Crippen LogP contribution in [-0.2, 0) is 4.79 Å². The Hall–Kier alpha value is -3.28. The van der Waals surface area contributed by atoms with Gasteiger partial charge in [0, 0.05) is 6.08 Å². The van der Waals surface area contributed by atoms with Gasteiger partial charge in [-0.3, -0.25) is 20.4 Å². The number of phenolic OH excluding ortho intramolecular Hbond substituents is 1. The van der Waals surface area contributed by atoms with Crippen LogP contribution in [0.1, 0.15) is 15.9 Å². The fraction of sp³-hybridized carbons (Fsp3) is 0.0588. The molecule has 0 aromatic heterocycles. The van der Waals surface area contributed by atoms with Gasteiger partial charge in [-0.2, -0.15) is 0 Å². The first-order chi connectivity index (χ1) is 11.1. The quantitative estimate of drug-likeness (QED) is 0.594. The van der Waals surface area contributed by atoms with Crippen LogP contribution in [0.15, 0.2) is 54.6 Å². The normalized spacial score (nSPS) is 10.3. The second-order valence-electron chi connectivity index (χ2n) is 4.57. The first-order valence-corrected chi connectivity index (χ1v) is 6.80. The molecule has 0 aliphatic carbocycles. The summed E-state index contributed by atoms with van der Waals surface area (Å²) >= 11 is 0. The van der Waals surface area contributed by atoms with E-state index in [0.29, 0.717) is 0 Å². The van der Waals surface area contributed by atoms with E-state index in [2.05, 4.69) is 10.9 Å². The minimum absolute atomic E-state index is 0.0759. The minimum Gasteiger partial charge on any atom is -0.507 e. The molecule has 0 saturated carbocycles. The van der Waals surface area contributed by atoms with Crippen LogP contribution >= 0.6 is 0 Å². The molecule has 23 heavy (non-hydrogen) atoms. The lowest BCUT2D eigenvalue weighted by atomic mass is 10.2. The number of rotatable bonds is 4. The van der Waals surface area contributed by atoms with E-state index in [4.69, 9.17) is 4.74 Å². The number of carbonyl (C=O) groups is 2. The summed E-state index contributed by atoms with van der Waals surface area (Å²) in [4.78, 5) is 23.5. The van der Waals surface area contributed by atoms with Gasteiger partial charge in [-0.05, 0) is 35.9 Å². The highest BCUT2D eigenvalue weighted by Crippen LogP contribution is 2.14. The lowest BCUT2D eigenvalue weighted by Gasteiger charge is -2.06. The molecule has 0 bridgehead atoms. The first kappa shape index (κ1) is 16.1. The van der Waals surface area contributed by atoms with Crippen LogP contribution in [0, 0.1) is 0 Å². The summed E-state index contributed by atoms with van der Waals surface area (Å²) in [6, 6.07) is 13.2. The zero-order chi connectivity index (χ0) is 16.7. The molecule has 6 heteroatoms. The predicted octanol–water partition coefficient (Wildman–Crippen LogP) is 1.88. The summed E-state index contributed by atoms with van der Waals surface area (Å²) in [5.74, 6) is -0.534. The standard InChI is InChI=1S/C17H16N2O4/c1-23-13-9-6-12(7-10-13)8-11-16(21)18-19-17(22)14-4-2-3-5-15(14)20/h2-11,20H,1H3,(H,18,21)(H,19,22)/b11-8+. The molecule has 0 saturated heterocycles. The third kappa shape index (κ3) is 4.60. The van der Waals surface area contributed by atoms with Gasteiger partial charge in [-0.15, -0.1) is 0 Å². The first-order valence-electron chi connectivity index (χ1n) is 6.80. The Morgan fingerprint density at radius 1 is 1.04 bits per heavy atom. The maximum absolute atomic E-state index is 11.8. The molecule has 118 valence electrons. The van der Waals surface area contributed by atoms with Crippen molar-refractivity contribution in [2.75, 3.05) is 7.11 Å². The number of carbonyl (C=O) groups excluding carboxylic acids is 2. The SMILES string of the molecule is COc1ccc(/C=C/C(=O)NNC(=O)c2ccccc2O)cc1. The van der Waals surface area contributed by atoms with Crippen molar-refractivity contribution in [2.24, 2.45) is 0 Å². The zero-order valence-electron chi connectivity index (χ0n) is 12.4. The van der Waals surface area contributed by atoms with Crippen LogP contribution < -0.4 is 15.6 Å². The lowest BCUT2D eigenvalue weighted by molar-refractivity contribution is -0.117. The van der Waals surface area contributed by atoms with E-state index in [1.807, 2.05) is 0 Å². The van der Waals surface area contributed by atoms with Crippen LogP contribution in [-0.4, -0.2) is 24.0 Å². The monoisotopic (exact) mass is 312 g/mol. The third-order valence-electron chi connectivity index (χ3n) is 2.99. The Morgan fingerprint density at radius 3 is 2.39 bits per heavy atom. The molecule has 2 aromatic carbocycles. The van der Waals surface area contributed by atoms with Crippen molar-refractivity contribution in [3.8, 4) is 11.5 Å². The molecule has 0 atom stereocenters. The van der Waals surface area contributed by atoms with Crippen LogP contribution in [0.2, 0.25) is 0 Å². The average Bonchev–Trinajstić information content (AvgIpc) is 2.58. The van der Waals surface area contributed by atoms with Crippen molar-refractivity contribution in [1.82, 2.24) is 10.9 Å². The van der Waals surface area contributed by atoms with Gasteiger partial charge in [-0.1, -0.05) is 24.3 Å². The summed E-state index contributed by atoms with van der Waals surface area (Å²) in [6.07, 6.45) is 2.88. The largest absolute Gasteiger partial charge is 0.507 e. The van der Waals surface area contributed by atoms with Crippen LogP contribution in [0.5, 0.6) is 11.5 Å². The van der Waals surface area contributed by atoms with E-state index in [1.54, 1.807) is 49.6 Å². The number of amides is 2. The zero-order valence-corrected chi connectivity index (χ0v) is 12.4. The molecule has 2 amide bonds. The average molecular weight is 312 g/mol. The summed E-state index contributed by atoms with van der Waals surface area (Å²) < 4.78 is 5.04. The molecule has 6 nitrogen and oxygen atoms in total. The number of hydrogen-bond donors (Lipinski definition) is 3. The fourth-order valence-electron chi connectivity index (χ4n) is 1.78. The van der Waals surface area contributed by atoms with Crippen molar-refractivity contribution in [3.05, 3.63) is 65.7 Å². The van der Waals surface area contributed by atoms with Crippen molar-refractivity contribution >= 4 is 17.9 Å². The predicted molar refractivity (Wildman–Crippen MR) is 85.7 cm³/mol. The molecule has 3 N–H and O–H groups in total. The van der Waals surface area contributed by atoms with E-state index >= 15 is 0 Å². The molecule has 0 aliphatic rings. The molecule has 0 aliphatic heterocycles. The summed E-state index contributed by atoms with van der Waals surface area (Å²) in [6.45, 7) is 0. The minimum atomic E-state index is -0.603. The van der Waals surface area contributed by atoms with E-state index in [9.17, 15) is 14.7 Å². The van der Waals surface area contributed by atoms with Crippen molar-refractivity contribution in [3.63, 3.8) is 0 Å². The topological polar surface area (TPSA) is 87.7 Å². The van der Waals surface area contributed by atoms with Gasteiger partial charge < -0.3 is 9.84 Å². The molecule has 0 unspecified atom stereocenters. The Morgan fingerprint density at radius 2 is 1.74 bits per heavy atom. The van der Waals surface area contributed by atoms with Gasteiger partial charge >= 0.3 is 0 Å². The van der Waals surface area contributed by atoms with Crippen molar-refractivity contribution in [2.45, 2.75) is 0 Å². The molecular formula is C17H16N2O4. The van der Waals surface area contributed by atoms with E-state index in [0.717, 1.165) is 11.3 Å². The Labute approximate surface area is 133 Å². The maximum Gasteiger partial charge on any atom is 0.273 e. The van der Waals surface area contributed by atoms with Gasteiger partial charge in [0.1, 0.15) is 11.5 Å². The molecule has 0 heterocycles. The van der Waals surface area contributed by atoms with Gasteiger partial charge in [-0.25, -0.2) is 0 Å². The number of para-hydroxylation sites is 1. The van der Waals surface area contributed by atoms with Crippen LogP contribution in [0.4, 0.5) is 0 Å². The number of hydrazine groups is 1. The van der Waals surface area contributed by atoms with Crippen molar-refractivity contribution < 1.29 is 19.4 Å². The van der Waals surface area contributed by atoms with Crippen LogP contribution in [0.3, 0.4) is 0 Å². The van der Waals surface area contributed by atoms with Crippen LogP contribution in [0.25, 0.3) is 6.08 Å². The smallest absolute Gasteiger partial charge is 0.273 e. The van der Waals surface area contributed by atoms with Gasteiger partial charge in [0.2, 0.25) is 0 Å². The maximum atomic E-state index is 11.8. The highest BCUT2D eigenvalue weighted by Gasteiger charge is 2.09.